The summed E-state index contributed by atoms with van der Waals surface area (Å²) in [7, 11) is -2.38. The molecule has 1 heterocycles. The van der Waals surface area contributed by atoms with Crippen LogP contribution in [0.1, 0.15) is 25.7 Å². The van der Waals surface area contributed by atoms with Crippen LogP contribution in [0.15, 0.2) is 23.1 Å². The normalized spacial score (nSPS) is 18.5. The quantitative estimate of drug-likeness (QED) is 0.788. The van der Waals surface area contributed by atoms with Gasteiger partial charge in [0.05, 0.1) is 13.7 Å². The standard InChI is InChI=1S/C16H22N2O5S/c1-23-14-7-6-13(17-8-2-3-16(17)20)11-15(14)24(21,22)18(9-10-19)12-4-5-12/h6-7,11-12,19H,2-5,8-10H2,1H3. The van der Waals surface area contributed by atoms with E-state index in [1.165, 1.54) is 17.5 Å². The van der Waals surface area contributed by atoms with Crippen LogP contribution in [0.3, 0.4) is 0 Å². The Morgan fingerprint density at radius 2 is 2.12 bits per heavy atom. The second-order valence-electron chi connectivity index (χ2n) is 6.05. The molecule has 0 bridgehead atoms. The minimum absolute atomic E-state index is 0.00192. The molecular formula is C16H22N2O5S. The SMILES string of the molecule is COc1ccc(N2CCCC2=O)cc1S(=O)(=O)N(CCO)C1CC1. The number of ether oxygens (including phenoxy) is 1. The van der Waals surface area contributed by atoms with E-state index in [-0.39, 0.29) is 35.7 Å². The van der Waals surface area contributed by atoms with Crippen molar-refractivity contribution in [3.05, 3.63) is 18.2 Å². The zero-order valence-corrected chi connectivity index (χ0v) is 14.5. The Balaban J connectivity index is 2.02. The number of hydrogen-bond acceptors (Lipinski definition) is 5. The smallest absolute Gasteiger partial charge is 0.247 e. The maximum atomic E-state index is 13.1. The predicted molar refractivity (Wildman–Crippen MR) is 88.6 cm³/mol. The van der Waals surface area contributed by atoms with Crippen LogP contribution in [0.4, 0.5) is 5.69 Å². The zero-order valence-electron chi connectivity index (χ0n) is 13.6. The zero-order chi connectivity index (χ0) is 17.3. The molecule has 24 heavy (non-hydrogen) atoms. The number of nitrogens with zero attached hydrogens (tertiary/aromatic N) is 2. The van der Waals surface area contributed by atoms with Crippen molar-refractivity contribution in [3.8, 4) is 5.75 Å². The molecule has 2 fully saturated rings. The van der Waals surface area contributed by atoms with Gasteiger partial charge in [0.25, 0.3) is 0 Å². The highest BCUT2D eigenvalue weighted by Crippen LogP contribution is 2.37. The molecule has 1 aromatic carbocycles. The molecule has 0 unspecified atom stereocenters. The Kier molecular flexibility index (Phi) is 4.80. The van der Waals surface area contributed by atoms with E-state index in [0.29, 0.717) is 18.7 Å². The molecule has 7 nitrogen and oxygen atoms in total. The molecule has 0 atom stereocenters. The number of amides is 1. The molecule has 1 aliphatic carbocycles. The first-order valence-corrected chi connectivity index (χ1v) is 9.54. The van der Waals surface area contributed by atoms with Gasteiger partial charge in [-0.25, -0.2) is 8.42 Å². The summed E-state index contributed by atoms with van der Waals surface area (Å²) in [5.41, 5.74) is 0.566. The second-order valence-corrected chi connectivity index (χ2v) is 7.91. The minimum Gasteiger partial charge on any atom is -0.495 e. The number of aliphatic hydroxyl groups is 1. The highest BCUT2D eigenvalue weighted by molar-refractivity contribution is 7.89. The lowest BCUT2D eigenvalue weighted by atomic mass is 10.3. The van der Waals surface area contributed by atoms with Crippen molar-refractivity contribution >= 4 is 21.6 Å². The first kappa shape index (κ1) is 17.2. The van der Waals surface area contributed by atoms with Crippen LogP contribution in [0.2, 0.25) is 0 Å². The first-order valence-electron chi connectivity index (χ1n) is 8.10. The lowest BCUT2D eigenvalue weighted by molar-refractivity contribution is -0.117. The van der Waals surface area contributed by atoms with Gasteiger partial charge >= 0.3 is 0 Å². The molecule has 0 radical (unpaired) electrons. The average Bonchev–Trinajstić information content (AvgIpc) is 3.32. The summed E-state index contributed by atoms with van der Waals surface area (Å²) in [4.78, 5) is 13.6. The number of rotatable bonds is 7. The van der Waals surface area contributed by atoms with E-state index in [1.54, 1.807) is 17.0 Å². The number of aliphatic hydroxyl groups excluding tert-OH is 1. The van der Waals surface area contributed by atoms with Crippen molar-refractivity contribution in [3.63, 3.8) is 0 Å². The van der Waals surface area contributed by atoms with Gasteiger partial charge in [0.15, 0.2) is 0 Å². The third kappa shape index (κ3) is 3.13. The van der Waals surface area contributed by atoms with Gasteiger partial charge in [0.2, 0.25) is 15.9 Å². The van der Waals surface area contributed by atoms with Crippen LogP contribution in [-0.4, -0.2) is 56.6 Å². The monoisotopic (exact) mass is 354 g/mol. The van der Waals surface area contributed by atoms with Gasteiger partial charge in [-0.2, -0.15) is 4.31 Å². The third-order valence-electron chi connectivity index (χ3n) is 4.39. The minimum atomic E-state index is -3.80. The van der Waals surface area contributed by atoms with E-state index in [9.17, 15) is 18.3 Å². The van der Waals surface area contributed by atoms with Gasteiger partial charge in [0.1, 0.15) is 10.6 Å². The molecule has 8 heteroatoms. The van der Waals surface area contributed by atoms with Gasteiger partial charge in [-0.3, -0.25) is 4.79 Å². The molecule has 132 valence electrons. The molecule has 0 spiro atoms. The third-order valence-corrected chi connectivity index (χ3v) is 6.37. The predicted octanol–water partition coefficient (Wildman–Crippen LogP) is 0.967. The van der Waals surface area contributed by atoms with Crippen molar-refractivity contribution in [1.82, 2.24) is 4.31 Å². The number of benzene rings is 1. The molecule has 1 N–H and O–H groups in total. The van der Waals surface area contributed by atoms with E-state index in [1.807, 2.05) is 0 Å². The average molecular weight is 354 g/mol. The Morgan fingerprint density at radius 3 is 2.67 bits per heavy atom. The number of sulfonamides is 1. The Bertz CT molecular complexity index is 730. The second kappa shape index (κ2) is 6.70. The van der Waals surface area contributed by atoms with Crippen molar-refractivity contribution in [1.29, 1.82) is 0 Å². The van der Waals surface area contributed by atoms with Gasteiger partial charge < -0.3 is 14.7 Å². The summed E-state index contributed by atoms with van der Waals surface area (Å²) in [5.74, 6) is 0.243. The highest BCUT2D eigenvalue weighted by Gasteiger charge is 2.39. The van der Waals surface area contributed by atoms with Crippen molar-refractivity contribution in [2.24, 2.45) is 0 Å². The molecule has 1 aromatic rings. The first-order chi connectivity index (χ1) is 11.5. The molecular weight excluding hydrogens is 332 g/mol. The lowest BCUT2D eigenvalue weighted by Gasteiger charge is -2.24. The summed E-state index contributed by atoms with van der Waals surface area (Å²) >= 11 is 0. The lowest BCUT2D eigenvalue weighted by Crippen LogP contribution is -2.36. The fourth-order valence-electron chi connectivity index (χ4n) is 3.04. The number of methoxy groups -OCH3 is 1. The number of carbonyl (C=O) groups is 1. The van der Waals surface area contributed by atoms with E-state index in [2.05, 4.69) is 0 Å². The van der Waals surface area contributed by atoms with Gasteiger partial charge in [-0.15, -0.1) is 0 Å². The van der Waals surface area contributed by atoms with E-state index in [4.69, 9.17) is 4.74 Å². The Morgan fingerprint density at radius 1 is 1.38 bits per heavy atom. The molecule has 1 aliphatic heterocycles. The largest absolute Gasteiger partial charge is 0.495 e. The van der Waals surface area contributed by atoms with E-state index in [0.717, 1.165) is 19.3 Å². The fraction of sp³-hybridized carbons (Fsp3) is 0.562. The molecule has 3 rings (SSSR count). The maximum absolute atomic E-state index is 13.1. The van der Waals surface area contributed by atoms with Gasteiger partial charge in [-0.1, -0.05) is 0 Å². The number of hydrogen-bond donors (Lipinski definition) is 1. The molecule has 0 aromatic heterocycles. The van der Waals surface area contributed by atoms with E-state index >= 15 is 0 Å². The van der Waals surface area contributed by atoms with Crippen LogP contribution in [0, 0.1) is 0 Å². The van der Waals surface area contributed by atoms with Crippen molar-refractivity contribution in [2.75, 3.05) is 31.7 Å². The molecule has 1 saturated carbocycles. The van der Waals surface area contributed by atoms with Crippen LogP contribution >= 0.6 is 0 Å². The summed E-state index contributed by atoms with van der Waals surface area (Å²) in [6, 6.07) is 4.72. The van der Waals surface area contributed by atoms with Crippen molar-refractivity contribution < 1.29 is 23.1 Å². The highest BCUT2D eigenvalue weighted by atomic mass is 32.2. The number of carbonyl (C=O) groups excluding carboxylic acids is 1. The van der Waals surface area contributed by atoms with E-state index < -0.39 is 10.0 Å². The summed E-state index contributed by atoms with van der Waals surface area (Å²) < 4.78 is 32.7. The summed E-state index contributed by atoms with van der Waals surface area (Å²) in [6.45, 7) is 0.416. The molecule has 2 aliphatic rings. The Labute approximate surface area is 141 Å². The summed E-state index contributed by atoms with van der Waals surface area (Å²) in [5, 5.41) is 9.22. The molecule has 1 saturated heterocycles. The van der Waals surface area contributed by atoms with Crippen LogP contribution < -0.4 is 9.64 Å². The van der Waals surface area contributed by atoms with Crippen LogP contribution in [0.5, 0.6) is 5.75 Å². The van der Waals surface area contributed by atoms with Crippen LogP contribution in [-0.2, 0) is 14.8 Å². The topological polar surface area (TPSA) is 87.2 Å². The van der Waals surface area contributed by atoms with Crippen LogP contribution in [0.25, 0.3) is 0 Å². The fourth-order valence-corrected chi connectivity index (χ4v) is 4.90. The number of anilines is 1. The van der Waals surface area contributed by atoms with Gasteiger partial charge in [0, 0.05) is 31.2 Å². The summed E-state index contributed by atoms with van der Waals surface area (Å²) in [6.07, 6.45) is 2.84. The van der Waals surface area contributed by atoms with Gasteiger partial charge in [-0.05, 0) is 37.5 Å². The maximum Gasteiger partial charge on any atom is 0.247 e. The van der Waals surface area contributed by atoms with Crippen molar-refractivity contribution in [2.45, 2.75) is 36.6 Å². The Hall–Kier alpha value is -1.64. The molecule has 1 amide bonds.